The van der Waals surface area contributed by atoms with Crippen molar-refractivity contribution in [2.45, 2.75) is 33.6 Å². The van der Waals surface area contributed by atoms with E-state index in [0.717, 1.165) is 4.90 Å². The standard InChI is InChI=1S/C12H19N3O4/c1-4-12(5-2)9(17)14-11(19)15(10(12)18)7-8(16)13-6-3/h4-7H2,1-3H3,(H,13,16)(H,14,17,19). The summed E-state index contributed by atoms with van der Waals surface area (Å²) >= 11 is 0. The van der Waals surface area contributed by atoms with E-state index < -0.39 is 29.2 Å². The monoisotopic (exact) mass is 269 g/mol. The van der Waals surface area contributed by atoms with Crippen molar-refractivity contribution in [2.75, 3.05) is 13.1 Å². The zero-order valence-corrected chi connectivity index (χ0v) is 11.4. The fraction of sp³-hybridized carbons (Fsp3) is 0.667. The smallest absolute Gasteiger partial charge is 0.331 e. The lowest BCUT2D eigenvalue weighted by Gasteiger charge is -2.37. The first-order valence-electron chi connectivity index (χ1n) is 6.37. The summed E-state index contributed by atoms with van der Waals surface area (Å²) in [5.74, 6) is -1.61. The molecule has 106 valence electrons. The molecule has 1 aliphatic rings. The third-order valence-corrected chi connectivity index (χ3v) is 3.44. The average Bonchev–Trinajstić information content (AvgIpc) is 2.36. The molecule has 19 heavy (non-hydrogen) atoms. The number of imide groups is 2. The molecule has 2 N–H and O–H groups in total. The predicted molar refractivity (Wildman–Crippen MR) is 67.0 cm³/mol. The quantitative estimate of drug-likeness (QED) is 0.687. The fourth-order valence-corrected chi connectivity index (χ4v) is 2.15. The maximum Gasteiger partial charge on any atom is 0.331 e. The number of nitrogens with one attached hydrogen (secondary N) is 2. The van der Waals surface area contributed by atoms with E-state index in [1.807, 2.05) is 0 Å². The van der Waals surface area contributed by atoms with Crippen LogP contribution in [0.3, 0.4) is 0 Å². The van der Waals surface area contributed by atoms with Gasteiger partial charge in [-0.25, -0.2) is 4.79 Å². The third-order valence-electron chi connectivity index (χ3n) is 3.44. The van der Waals surface area contributed by atoms with Gasteiger partial charge in [-0.2, -0.15) is 0 Å². The van der Waals surface area contributed by atoms with Crippen LogP contribution in [0.25, 0.3) is 0 Å². The molecule has 1 saturated heterocycles. The molecule has 1 aliphatic heterocycles. The highest BCUT2D eigenvalue weighted by Gasteiger charge is 2.51. The normalized spacial score (nSPS) is 18.3. The Morgan fingerprint density at radius 2 is 1.79 bits per heavy atom. The van der Waals surface area contributed by atoms with Gasteiger partial charge >= 0.3 is 6.03 Å². The van der Waals surface area contributed by atoms with Crippen molar-refractivity contribution in [2.24, 2.45) is 5.41 Å². The Morgan fingerprint density at radius 1 is 1.21 bits per heavy atom. The Labute approximate surface area is 111 Å². The number of hydrogen-bond acceptors (Lipinski definition) is 4. The van der Waals surface area contributed by atoms with Crippen molar-refractivity contribution in [3.05, 3.63) is 0 Å². The molecule has 0 aliphatic carbocycles. The van der Waals surface area contributed by atoms with Gasteiger partial charge in [-0.15, -0.1) is 0 Å². The van der Waals surface area contributed by atoms with E-state index in [1.165, 1.54) is 0 Å². The van der Waals surface area contributed by atoms with E-state index in [4.69, 9.17) is 0 Å². The summed E-state index contributed by atoms with van der Waals surface area (Å²) in [7, 11) is 0. The first-order chi connectivity index (χ1) is 8.92. The SMILES string of the molecule is CCNC(=O)CN1C(=O)NC(=O)C(CC)(CC)C1=O. The highest BCUT2D eigenvalue weighted by atomic mass is 16.2. The van der Waals surface area contributed by atoms with Crippen LogP contribution >= 0.6 is 0 Å². The van der Waals surface area contributed by atoms with Crippen molar-refractivity contribution in [3.8, 4) is 0 Å². The maximum absolute atomic E-state index is 12.3. The van der Waals surface area contributed by atoms with Crippen LogP contribution in [-0.4, -0.2) is 41.7 Å². The molecule has 0 radical (unpaired) electrons. The van der Waals surface area contributed by atoms with Gasteiger partial charge in [0.25, 0.3) is 0 Å². The number of hydrogen-bond donors (Lipinski definition) is 2. The number of nitrogens with zero attached hydrogens (tertiary/aromatic N) is 1. The second-order valence-corrected chi connectivity index (χ2v) is 4.39. The Kier molecular flexibility index (Phi) is 4.63. The van der Waals surface area contributed by atoms with Crippen LogP contribution in [0.4, 0.5) is 4.79 Å². The lowest BCUT2D eigenvalue weighted by Crippen LogP contribution is -2.64. The van der Waals surface area contributed by atoms with Crippen LogP contribution in [0.5, 0.6) is 0 Å². The van der Waals surface area contributed by atoms with E-state index in [9.17, 15) is 19.2 Å². The largest absolute Gasteiger partial charge is 0.355 e. The molecule has 0 atom stereocenters. The van der Waals surface area contributed by atoms with Gasteiger partial charge in [0, 0.05) is 6.54 Å². The molecule has 7 nitrogen and oxygen atoms in total. The summed E-state index contributed by atoms with van der Waals surface area (Å²) < 4.78 is 0. The predicted octanol–water partition coefficient (Wildman–Crippen LogP) is 0.00730. The van der Waals surface area contributed by atoms with Gasteiger partial charge in [0.2, 0.25) is 17.7 Å². The van der Waals surface area contributed by atoms with E-state index in [1.54, 1.807) is 20.8 Å². The van der Waals surface area contributed by atoms with Crippen LogP contribution in [0.1, 0.15) is 33.6 Å². The lowest BCUT2D eigenvalue weighted by atomic mass is 9.78. The minimum Gasteiger partial charge on any atom is -0.355 e. The molecule has 0 saturated carbocycles. The zero-order valence-electron chi connectivity index (χ0n) is 11.4. The van der Waals surface area contributed by atoms with E-state index in [0.29, 0.717) is 6.54 Å². The zero-order chi connectivity index (χ0) is 14.6. The number of carbonyl (C=O) groups is 4. The minimum absolute atomic E-state index is 0.285. The molecule has 7 heteroatoms. The van der Waals surface area contributed by atoms with E-state index >= 15 is 0 Å². The van der Waals surface area contributed by atoms with Crippen LogP contribution in [0, 0.1) is 5.41 Å². The van der Waals surface area contributed by atoms with Crippen molar-refractivity contribution in [1.29, 1.82) is 0 Å². The molecule has 0 spiro atoms. The van der Waals surface area contributed by atoms with Gasteiger partial charge in [-0.1, -0.05) is 13.8 Å². The molecule has 0 aromatic heterocycles. The van der Waals surface area contributed by atoms with Gasteiger partial charge in [-0.3, -0.25) is 24.6 Å². The van der Waals surface area contributed by atoms with Crippen molar-refractivity contribution in [1.82, 2.24) is 15.5 Å². The first kappa shape index (κ1) is 15.1. The Balaban J connectivity index is 2.99. The summed E-state index contributed by atoms with van der Waals surface area (Å²) in [6.07, 6.45) is 0.570. The second-order valence-electron chi connectivity index (χ2n) is 4.39. The molecule has 1 rings (SSSR count). The minimum atomic E-state index is -1.25. The Morgan fingerprint density at radius 3 is 2.26 bits per heavy atom. The van der Waals surface area contributed by atoms with Crippen LogP contribution < -0.4 is 10.6 Å². The summed E-state index contributed by atoms with van der Waals surface area (Å²) in [4.78, 5) is 48.2. The third kappa shape index (κ3) is 2.59. The molecule has 0 aromatic rings. The van der Waals surface area contributed by atoms with Gasteiger partial charge in [-0.05, 0) is 19.8 Å². The molecule has 0 bridgehead atoms. The Hall–Kier alpha value is -1.92. The van der Waals surface area contributed by atoms with E-state index in [2.05, 4.69) is 10.6 Å². The maximum atomic E-state index is 12.3. The molecular formula is C12H19N3O4. The molecule has 0 aromatic carbocycles. The van der Waals surface area contributed by atoms with E-state index in [-0.39, 0.29) is 19.4 Å². The molecular weight excluding hydrogens is 250 g/mol. The van der Waals surface area contributed by atoms with Crippen molar-refractivity contribution in [3.63, 3.8) is 0 Å². The molecule has 1 fully saturated rings. The summed E-state index contributed by atoms with van der Waals surface area (Å²) in [5, 5.41) is 4.66. The van der Waals surface area contributed by atoms with Crippen LogP contribution in [-0.2, 0) is 14.4 Å². The summed E-state index contributed by atoms with van der Waals surface area (Å²) in [5.41, 5.74) is -1.25. The summed E-state index contributed by atoms with van der Waals surface area (Å²) in [6, 6.07) is -0.834. The number of rotatable bonds is 5. The number of amides is 5. The van der Waals surface area contributed by atoms with Crippen molar-refractivity contribution < 1.29 is 19.2 Å². The van der Waals surface area contributed by atoms with Crippen molar-refractivity contribution >= 4 is 23.8 Å². The van der Waals surface area contributed by atoms with Gasteiger partial charge in [0.1, 0.15) is 12.0 Å². The second kappa shape index (κ2) is 5.81. The highest BCUT2D eigenvalue weighted by molar-refractivity contribution is 6.19. The van der Waals surface area contributed by atoms with Gasteiger partial charge < -0.3 is 5.32 Å². The fourth-order valence-electron chi connectivity index (χ4n) is 2.15. The molecule has 5 amide bonds. The number of likely N-dealkylation sites (N-methyl/N-ethyl adjacent to an activating group) is 1. The van der Waals surface area contributed by atoms with Crippen LogP contribution in [0.15, 0.2) is 0 Å². The molecule has 0 unspecified atom stereocenters. The number of urea groups is 1. The van der Waals surface area contributed by atoms with Crippen LogP contribution in [0.2, 0.25) is 0 Å². The summed E-state index contributed by atoms with van der Waals surface area (Å²) in [6.45, 7) is 5.20. The first-order valence-corrected chi connectivity index (χ1v) is 6.37. The Bertz CT molecular complexity index is 415. The molecule has 1 heterocycles. The lowest BCUT2D eigenvalue weighted by molar-refractivity contribution is -0.153. The average molecular weight is 269 g/mol. The van der Waals surface area contributed by atoms with Gasteiger partial charge in [0.15, 0.2) is 0 Å². The topological polar surface area (TPSA) is 95.6 Å². The number of barbiturate groups is 1. The number of carbonyl (C=O) groups excluding carboxylic acids is 4. The van der Waals surface area contributed by atoms with Gasteiger partial charge in [0.05, 0.1) is 0 Å². The highest BCUT2D eigenvalue weighted by Crippen LogP contribution is 2.32.